The number of hydrogen-bond donors (Lipinski definition) is 0. The van der Waals surface area contributed by atoms with Crippen molar-refractivity contribution in [3.8, 4) is 11.5 Å². The SMILES string of the molecule is COc1cc(/C=C/C(=O)O[C@H](C)C(=O)N2CCc3ccccc32)ccc1OC(C)C. The van der Waals surface area contributed by atoms with Gasteiger partial charge in [0.05, 0.1) is 13.2 Å². The molecule has 1 amide bonds. The van der Waals surface area contributed by atoms with Crippen molar-refractivity contribution in [2.24, 2.45) is 0 Å². The molecular weight excluding hydrogens is 382 g/mol. The van der Waals surface area contributed by atoms with Crippen LogP contribution in [0.2, 0.25) is 0 Å². The number of anilines is 1. The second-order valence-electron chi connectivity index (χ2n) is 7.36. The predicted octanol–water partition coefficient (Wildman–Crippen LogP) is 4.02. The lowest BCUT2D eigenvalue weighted by Gasteiger charge is -2.21. The average Bonchev–Trinajstić information content (AvgIpc) is 3.16. The number of amides is 1. The number of nitrogens with zero attached hydrogens (tertiary/aromatic N) is 1. The average molecular weight is 409 g/mol. The molecule has 1 aliphatic heterocycles. The summed E-state index contributed by atoms with van der Waals surface area (Å²) in [7, 11) is 1.56. The smallest absolute Gasteiger partial charge is 0.331 e. The number of para-hydroxylation sites is 1. The third kappa shape index (κ3) is 5.00. The molecule has 1 atom stereocenters. The van der Waals surface area contributed by atoms with Gasteiger partial charge in [0.15, 0.2) is 17.6 Å². The number of ether oxygens (including phenoxy) is 3. The summed E-state index contributed by atoms with van der Waals surface area (Å²) in [6.45, 7) is 6.06. The summed E-state index contributed by atoms with van der Waals surface area (Å²) in [4.78, 5) is 26.6. The Hall–Kier alpha value is -3.28. The molecule has 1 aliphatic rings. The van der Waals surface area contributed by atoms with Crippen molar-refractivity contribution in [2.45, 2.75) is 39.4 Å². The van der Waals surface area contributed by atoms with Crippen molar-refractivity contribution in [3.63, 3.8) is 0 Å². The fourth-order valence-electron chi connectivity index (χ4n) is 3.35. The van der Waals surface area contributed by atoms with Gasteiger partial charge in [-0.15, -0.1) is 0 Å². The van der Waals surface area contributed by atoms with Crippen LogP contribution in [0.5, 0.6) is 11.5 Å². The maximum Gasteiger partial charge on any atom is 0.331 e. The molecule has 0 aromatic heterocycles. The molecule has 0 fully saturated rings. The van der Waals surface area contributed by atoms with Gasteiger partial charge in [-0.1, -0.05) is 24.3 Å². The van der Waals surface area contributed by atoms with Gasteiger partial charge in [0.1, 0.15) is 0 Å². The highest BCUT2D eigenvalue weighted by Gasteiger charge is 2.29. The van der Waals surface area contributed by atoms with E-state index < -0.39 is 12.1 Å². The van der Waals surface area contributed by atoms with E-state index in [1.165, 1.54) is 6.08 Å². The fourth-order valence-corrected chi connectivity index (χ4v) is 3.35. The number of carbonyl (C=O) groups is 2. The van der Waals surface area contributed by atoms with E-state index in [4.69, 9.17) is 14.2 Å². The monoisotopic (exact) mass is 409 g/mol. The number of benzene rings is 2. The van der Waals surface area contributed by atoms with Crippen LogP contribution < -0.4 is 14.4 Å². The van der Waals surface area contributed by atoms with Crippen molar-refractivity contribution in [1.29, 1.82) is 0 Å². The second kappa shape index (κ2) is 9.48. The van der Waals surface area contributed by atoms with Crippen molar-refractivity contribution < 1.29 is 23.8 Å². The van der Waals surface area contributed by atoms with Crippen molar-refractivity contribution in [1.82, 2.24) is 0 Å². The third-order valence-electron chi connectivity index (χ3n) is 4.76. The molecule has 2 aromatic rings. The molecule has 0 saturated carbocycles. The molecule has 0 unspecified atom stereocenters. The van der Waals surface area contributed by atoms with E-state index in [0.29, 0.717) is 18.0 Å². The number of fused-ring (bicyclic) bond motifs is 1. The fraction of sp³-hybridized carbons (Fsp3) is 0.333. The van der Waals surface area contributed by atoms with Crippen molar-refractivity contribution in [3.05, 3.63) is 59.7 Å². The molecule has 0 spiro atoms. The van der Waals surface area contributed by atoms with Crippen LogP contribution in [0.1, 0.15) is 31.9 Å². The molecule has 0 N–H and O–H groups in total. The molecule has 6 heteroatoms. The number of carbonyl (C=O) groups excluding carboxylic acids is 2. The van der Waals surface area contributed by atoms with E-state index in [0.717, 1.165) is 23.2 Å². The zero-order valence-corrected chi connectivity index (χ0v) is 17.8. The molecule has 30 heavy (non-hydrogen) atoms. The maximum atomic E-state index is 12.7. The van der Waals surface area contributed by atoms with E-state index >= 15 is 0 Å². The standard InChI is InChI=1S/C24H27NO5/c1-16(2)29-21-11-9-18(15-22(21)28-4)10-12-23(26)30-17(3)24(27)25-14-13-19-7-5-6-8-20(19)25/h5-12,15-17H,13-14H2,1-4H3/b12-10+/t17-/m1/s1. The largest absolute Gasteiger partial charge is 0.493 e. The number of methoxy groups -OCH3 is 1. The minimum Gasteiger partial charge on any atom is -0.493 e. The topological polar surface area (TPSA) is 65.1 Å². The van der Waals surface area contributed by atoms with Crippen LogP contribution in [-0.2, 0) is 20.7 Å². The highest BCUT2D eigenvalue weighted by molar-refractivity contribution is 6.00. The number of hydrogen-bond acceptors (Lipinski definition) is 5. The minimum absolute atomic E-state index is 0.0249. The Labute approximate surface area is 177 Å². The zero-order valence-electron chi connectivity index (χ0n) is 17.8. The van der Waals surface area contributed by atoms with Gasteiger partial charge >= 0.3 is 5.97 Å². The molecule has 0 bridgehead atoms. The van der Waals surface area contributed by atoms with E-state index in [1.54, 1.807) is 37.1 Å². The van der Waals surface area contributed by atoms with Crippen LogP contribution >= 0.6 is 0 Å². The number of esters is 1. The van der Waals surface area contributed by atoms with Crippen molar-refractivity contribution >= 4 is 23.6 Å². The van der Waals surface area contributed by atoms with Crippen LogP contribution in [0.4, 0.5) is 5.69 Å². The summed E-state index contributed by atoms with van der Waals surface area (Å²) in [5, 5.41) is 0. The van der Waals surface area contributed by atoms with Crippen LogP contribution in [0, 0.1) is 0 Å². The zero-order chi connectivity index (χ0) is 21.7. The molecule has 0 saturated heterocycles. The van der Waals surface area contributed by atoms with Gasteiger partial charge in [-0.2, -0.15) is 0 Å². The number of rotatable bonds is 7. The maximum absolute atomic E-state index is 12.7. The Balaban J connectivity index is 1.61. The van der Waals surface area contributed by atoms with Gasteiger partial charge in [0.2, 0.25) is 0 Å². The third-order valence-corrected chi connectivity index (χ3v) is 4.76. The summed E-state index contributed by atoms with van der Waals surface area (Å²) < 4.78 is 16.4. The minimum atomic E-state index is -0.871. The Kier molecular flexibility index (Phi) is 6.77. The first-order chi connectivity index (χ1) is 14.4. The molecule has 158 valence electrons. The molecule has 1 heterocycles. The Morgan fingerprint density at radius 1 is 1.07 bits per heavy atom. The summed E-state index contributed by atoms with van der Waals surface area (Å²) >= 11 is 0. The first kappa shape index (κ1) is 21.4. The highest BCUT2D eigenvalue weighted by Crippen LogP contribution is 2.30. The lowest BCUT2D eigenvalue weighted by atomic mass is 10.2. The Morgan fingerprint density at radius 3 is 2.57 bits per heavy atom. The molecule has 3 rings (SSSR count). The second-order valence-corrected chi connectivity index (χ2v) is 7.36. The van der Waals surface area contributed by atoms with Crippen LogP contribution in [0.25, 0.3) is 6.08 Å². The van der Waals surface area contributed by atoms with Gasteiger partial charge < -0.3 is 19.1 Å². The van der Waals surface area contributed by atoms with Gasteiger partial charge in [0, 0.05) is 18.3 Å². The first-order valence-electron chi connectivity index (χ1n) is 10.0. The molecule has 2 aromatic carbocycles. The normalized spacial score (nSPS) is 14.0. The summed E-state index contributed by atoms with van der Waals surface area (Å²) in [5.41, 5.74) is 2.77. The summed E-state index contributed by atoms with van der Waals surface area (Å²) in [6, 6.07) is 13.2. The van der Waals surface area contributed by atoms with Gasteiger partial charge in [0.25, 0.3) is 5.91 Å². The van der Waals surface area contributed by atoms with Crippen LogP contribution in [0.15, 0.2) is 48.5 Å². The Morgan fingerprint density at radius 2 is 1.83 bits per heavy atom. The van der Waals surface area contributed by atoms with E-state index in [-0.39, 0.29) is 12.0 Å². The van der Waals surface area contributed by atoms with Gasteiger partial charge in [-0.25, -0.2) is 4.79 Å². The van der Waals surface area contributed by atoms with Crippen LogP contribution in [0.3, 0.4) is 0 Å². The quantitative estimate of drug-likeness (QED) is 0.511. The van der Waals surface area contributed by atoms with Gasteiger partial charge in [-0.3, -0.25) is 4.79 Å². The molecule has 6 nitrogen and oxygen atoms in total. The van der Waals surface area contributed by atoms with Crippen LogP contribution in [-0.4, -0.2) is 37.7 Å². The molecular formula is C24H27NO5. The van der Waals surface area contributed by atoms with E-state index in [2.05, 4.69) is 0 Å². The van der Waals surface area contributed by atoms with E-state index in [1.807, 2.05) is 44.2 Å². The lowest BCUT2D eigenvalue weighted by Crippen LogP contribution is -2.38. The van der Waals surface area contributed by atoms with Crippen molar-refractivity contribution in [2.75, 3.05) is 18.6 Å². The summed E-state index contributed by atoms with van der Waals surface area (Å²) in [5.74, 6) is 0.413. The summed E-state index contributed by atoms with van der Waals surface area (Å²) in [6.07, 6.45) is 2.88. The Bertz CT molecular complexity index is 950. The molecule has 0 radical (unpaired) electrons. The molecule has 0 aliphatic carbocycles. The highest BCUT2D eigenvalue weighted by atomic mass is 16.5. The lowest BCUT2D eigenvalue weighted by molar-refractivity contribution is -0.149. The van der Waals surface area contributed by atoms with Gasteiger partial charge in [-0.05, 0) is 62.6 Å². The van der Waals surface area contributed by atoms with E-state index in [9.17, 15) is 9.59 Å². The predicted molar refractivity (Wildman–Crippen MR) is 116 cm³/mol. The first-order valence-corrected chi connectivity index (χ1v) is 10.0.